The number of fused-ring (bicyclic) bond motifs is 1. The van der Waals surface area contributed by atoms with E-state index in [1.807, 2.05) is 96.6 Å². The SMILES string of the molecule is CCOc1ccc(-n2c(SCC(=O)OCc3ccccc3)nnc2-c2c[nH]c3ccccc23)cc1. The molecule has 8 heteroatoms. The Morgan fingerprint density at radius 1 is 0.971 bits per heavy atom. The van der Waals surface area contributed by atoms with Gasteiger partial charge >= 0.3 is 5.97 Å². The molecule has 0 aliphatic heterocycles. The van der Waals surface area contributed by atoms with Crippen molar-refractivity contribution >= 4 is 28.6 Å². The zero-order chi connectivity index (χ0) is 24.0. The first-order chi connectivity index (χ1) is 17.2. The standard InChI is InChI=1S/C27H24N4O3S/c1-2-33-21-14-12-20(13-15-21)31-26(23-16-28-24-11-7-6-10-22(23)24)29-30-27(31)35-18-25(32)34-17-19-8-4-3-5-9-19/h3-16,28H,2,17-18H2,1H3. The average Bonchev–Trinajstić information content (AvgIpc) is 3.51. The Bertz CT molecular complexity index is 1430. The van der Waals surface area contributed by atoms with Crippen molar-refractivity contribution in [3.05, 3.63) is 90.6 Å². The summed E-state index contributed by atoms with van der Waals surface area (Å²) in [6, 6.07) is 25.4. The van der Waals surface area contributed by atoms with Crippen LogP contribution in [0.3, 0.4) is 0 Å². The number of nitrogens with zero attached hydrogens (tertiary/aromatic N) is 3. The molecular formula is C27H24N4O3S. The molecule has 2 heterocycles. The van der Waals surface area contributed by atoms with Crippen molar-refractivity contribution in [1.82, 2.24) is 19.7 Å². The molecule has 0 fully saturated rings. The van der Waals surface area contributed by atoms with Crippen LogP contribution in [-0.4, -0.2) is 38.1 Å². The highest BCUT2D eigenvalue weighted by Crippen LogP contribution is 2.33. The Morgan fingerprint density at radius 3 is 2.54 bits per heavy atom. The smallest absolute Gasteiger partial charge is 0.316 e. The van der Waals surface area contributed by atoms with Gasteiger partial charge in [-0.15, -0.1) is 10.2 Å². The van der Waals surface area contributed by atoms with Crippen molar-refractivity contribution in [1.29, 1.82) is 0 Å². The molecule has 0 bridgehead atoms. The van der Waals surface area contributed by atoms with E-state index in [2.05, 4.69) is 15.2 Å². The minimum absolute atomic E-state index is 0.121. The molecule has 0 radical (unpaired) electrons. The van der Waals surface area contributed by atoms with E-state index in [1.165, 1.54) is 11.8 Å². The van der Waals surface area contributed by atoms with E-state index < -0.39 is 0 Å². The van der Waals surface area contributed by atoms with Gasteiger partial charge in [0.25, 0.3) is 0 Å². The number of esters is 1. The summed E-state index contributed by atoms with van der Waals surface area (Å²) in [7, 11) is 0. The molecule has 7 nitrogen and oxygen atoms in total. The zero-order valence-electron chi connectivity index (χ0n) is 19.2. The Labute approximate surface area is 207 Å². The van der Waals surface area contributed by atoms with E-state index in [9.17, 15) is 4.79 Å². The number of aromatic amines is 1. The number of H-pyrrole nitrogens is 1. The highest BCUT2D eigenvalue weighted by molar-refractivity contribution is 7.99. The lowest BCUT2D eigenvalue weighted by Gasteiger charge is -2.11. The van der Waals surface area contributed by atoms with Crippen LogP contribution in [0.15, 0.2) is 90.2 Å². The molecule has 0 aliphatic carbocycles. The van der Waals surface area contributed by atoms with Crippen LogP contribution in [0.2, 0.25) is 0 Å². The third-order valence-electron chi connectivity index (χ3n) is 5.43. The number of ether oxygens (including phenoxy) is 2. The highest BCUT2D eigenvalue weighted by atomic mass is 32.2. The molecule has 0 aliphatic rings. The molecule has 0 saturated heterocycles. The van der Waals surface area contributed by atoms with Crippen LogP contribution in [-0.2, 0) is 16.1 Å². The lowest BCUT2D eigenvalue weighted by Crippen LogP contribution is -2.08. The van der Waals surface area contributed by atoms with Crippen molar-refractivity contribution in [2.24, 2.45) is 0 Å². The molecule has 3 aromatic carbocycles. The molecule has 176 valence electrons. The maximum absolute atomic E-state index is 12.4. The van der Waals surface area contributed by atoms with Crippen molar-refractivity contribution in [2.75, 3.05) is 12.4 Å². The number of nitrogens with one attached hydrogen (secondary N) is 1. The van der Waals surface area contributed by atoms with Gasteiger partial charge in [-0.05, 0) is 42.8 Å². The monoisotopic (exact) mass is 484 g/mol. The molecule has 5 aromatic rings. The van der Waals surface area contributed by atoms with Crippen molar-refractivity contribution in [3.8, 4) is 22.8 Å². The van der Waals surface area contributed by atoms with E-state index >= 15 is 0 Å². The van der Waals surface area contributed by atoms with Crippen LogP contribution in [0.5, 0.6) is 5.75 Å². The number of thioether (sulfide) groups is 1. The average molecular weight is 485 g/mol. The van der Waals surface area contributed by atoms with Gasteiger partial charge in [-0.1, -0.05) is 60.3 Å². The van der Waals surface area contributed by atoms with Gasteiger partial charge in [0.2, 0.25) is 0 Å². The fourth-order valence-corrected chi connectivity index (χ4v) is 4.54. The number of aromatic nitrogens is 4. The van der Waals surface area contributed by atoms with Crippen molar-refractivity contribution in [2.45, 2.75) is 18.7 Å². The van der Waals surface area contributed by atoms with Gasteiger partial charge in [-0.25, -0.2) is 0 Å². The first-order valence-corrected chi connectivity index (χ1v) is 12.3. The van der Waals surface area contributed by atoms with Crippen LogP contribution in [0, 0.1) is 0 Å². The normalized spacial score (nSPS) is 11.0. The van der Waals surface area contributed by atoms with Crippen molar-refractivity contribution < 1.29 is 14.3 Å². The van der Waals surface area contributed by atoms with E-state index in [1.54, 1.807) is 0 Å². The predicted octanol–water partition coefficient (Wildman–Crippen LogP) is 5.65. The second-order valence-electron chi connectivity index (χ2n) is 7.75. The number of hydrogen-bond acceptors (Lipinski definition) is 6. The van der Waals surface area contributed by atoms with Gasteiger partial charge in [0, 0.05) is 28.4 Å². The molecule has 0 amide bonds. The maximum atomic E-state index is 12.4. The van der Waals surface area contributed by atoms with Gasteiger partial charge in [0.1, 0.15) is 12.4 Å². The Morgan fingerprint density at radius 2 is 1.74 bits per heavy atom. The number of carbonyl (C=O) groups excluding carboxylic acids is 1. The topological polar surface area (TPSA) is 82.0 Å². The van der Waals surface area contributed by atoms with Gasteiger partial charge in [-0.2, -0.15) is 0 Å². The van der Waals surface area contributed by atoms with Crippen molar-refractivity contribution in [3.63, 3.8) is 0 Å². The number of carbonyl (C=O) groups is 1. The van der Waals surface area contributed by atoms with Gasteiger partial charge in [-0.3, -0.25) is 9.36 Å². The second-order valence-corrected chi connectivity index (χ2v) is 8.69. The summed E-state index contributed by atoms with van der Waals surface area (Å²) in [5.74, 6) is 1.28. The van der Waals surface area contributed by atoms with Crippen LogP contribution in [0.4, 0.5) is 0 Å². The molecule has 5 rings (SSSR count). The molecule has 0 saturated carbocycles. The van der Waals surface area contributed by atoms with Crippen LogP contribution >= 0.6 is 11.8 Å². The number of para-hydroxylation sites is 1. The summed E-state index contributed by atoms with van der Waals surface area (Å²) in [4.78, 5) is 15.7. The van der Waals surface area contributed by atoms with E-state index in [-0.39, 0.29) is 18.3 Å². The molecule has 0 spiro atoms. The molecule has 2 aromatic heterocycles. The first-order valence-electron chi connectivity index (χ1n) is 11.3. The minimum Gasteiger partial charge on any atom is -0.494 e. The van der Waals surface area contributed by atoms with Gasteiger partial charge in [0.05, 0.1) is 12.4 Å². The van der Waals surface area contributed by atoms with E-state index in [4.69, 9.17) is 9.47 Å². The number of rotatable bonds is 9. The fraction of sp³-hybridized carbons (Fsp3) is 0.148. The number of hydrogen-bond donors (Lipinski definition) is 1. The molecule has 0 unspecified atom stereocenters. The summed E-state index contributed by atoms with van der Waals surface area (Å²) >= 11 is 1.30. The number of benzene rings is 3. The molecule has 35 heavy (non-hydrogen) atoms. The van der Waals surface area contributed by atoms with Gasteiger partial charge in [0.15, 0.2) is 11.0 Å². The molecule has 1 N–H and O–H groups in total. The third kappa shape index (κ3) is 5.07. The summed E-state index contributed by atoms with van der Waals surface area (Å²) in [6.07, 6.45) is 1.93. The highest BCUT2D eigenvalue weighted by Gasteiger charge is 2.20. The zero-order valence-corrected chi connectivity index (χ0v) is 20.0. The van der Waals surface area contributed by atoms with Crippen LogP contribution < -0.4 is 4.74 Å². The van der Waals surface area contributed by atoms with Gasteiger partial charge < -0.3 is 14.5 Å². The largest absolute Gasteiger partial charge is 0.494 e. The van der Waals surface area contributed by atoms with Crippen LogP contribution in [0.1, 0.15) is 12.5 Å². The minimum atomic E-state index is -0.311. The van der Waals surface area contributed by atoms with E-state index in [0.717, 1.165) is 33.5 Å². The summed E-state index contributed by atoms with van der Waals surface area (Å²) in [5.41, 5.74) is 3.77. The second kappa shape index (κ2) is 10.5. The predicted molar refractivity (Wildman–Crippen MR) is 137 cm³/mol. The summed E-state index contributed by atoms with van der Waals surface area (Å²) in [6.45, 7) is 2.79. The van der Waals surface area contributed by atoms with E-state index in [0.29, 0.717) is 17.6 Å². The first kappa shape index (κ1) is 22.7. The Hall–Kier alpha value is -4.04. The fourth-order valence-electron chi connectivity index (χ4n) is 3.79. The maximum Gasteiger partial charge on any atom is 0.316 e. The summed E-state index contributed by atoms with van der Waals surface area (Å²) in [5, 5.41) is 10.6. The Balaban J connectivity index is 1.43. The third-order valence-corrected chi connectivity index (χ3v) is 6.33. The molecular weight excluding hydrogens is 460 g/mol. The lowest BCUT2D eigenvalue weighted by atomic mass is 10.1. The quantitative estimate of drug-likeness (QED) is 0.215. The lowest BCUT2D eigenvalue weighted by molar-refractivity contribution is -0.141. The van der Waals surface area contributed by atoms with Crippen LogP contribution in [0.25, 0.3) is 28.0 Å². The Kier molecular flexibility index (Phi) is 6.81. The summed E-state index contributed by atoms with van der Waals surface area (Å²) < 4.78 is 13.0. The molecule has 0 atom stereocenters.